The molecule has 0 fully saturated rings. The van der Waals surface area contributed by atoms with Gasteiger partial charge in [0.25, 0.3) is 5.91 Å². The average molecular weight is 399 g/mol. The Bertz CT molecular complexity index is 1210. The normalized spacial score (nSPS) is 10.6. The molecule has 30 heavy (non-hydrogen) atoms. The van der Waals surface area contributed by atoms with Crippen LogP contribution in [0.15, 0.2) is 60.8 Å². The number of para-hydroxylation sites is 2. The second-order valence-electron chi connectivity index (χ2n) is 6.99. The molecule has 1 amide bonds. The van der Waals surface area contributed by atoms with Gasteiger partial charge in [-0.3, -0.25) is 9.78 Å². The van der Waals surface area contributed by atoms with Crippen molar-refractivity contribution in [1.82, 2.24) is 19.9 Å². The topological polar surface area (TPSA) is 95.9 Å². The number of carbonyl (C=O) groups excluding carboxylic acids is 1. The standard InChI is InChI=1S/C22H21N7O/c1-14-12-20(29(2)3)28-22(24-14)26-16-10-8-15(9-11-16)25-21(30)19-13-23-17-6-4-5-7-18(17)27-19/h4-13H,1-3H3,(H,25,30)(H,24,26,28). The van der Waals surface area contributed by atoms with Crippen molar-refractivity contribution in [1.29, 1.82) is 0 Å². The highest BCUT2D eigenvalue weighted by atomic mass is 16.1. The van der Waals surface area contributed by atoms with Crippen LogP contribution in [0.25, 0.3) is 11.0 Å². The van der Waals surface area contributed by atoms with Gasteiger partial charge in [-0.15, -0.1) is 0 Å². The van der Waals surface area contributed by atoms with Gasteiger partial charge in [0, 0.05) is 37.2 Å². The number of rotatable bonds is 5. The van der Waals surface area contributed by atoms with Crippen LogP contribution in [0.3, 0.4) is 0 Å². The zero-order chi connectivity index (χ0) is 21.1. The molecule has 0 aliphatic heterocycles. The van der Waals surface area contributed by atoms with Gasteiger partial charge in [0.05, 0.1) is 17.2 Å². The summed E-state index contributed by atoms with van der Waals surface area (Å²) in [6.07, 6.45) is 1.48. The van der Waals surface area contributed by atoms with Crippen molar-refractivity contribution < 1.29 is 4.79 Å². The van der Waals surface area contributed by atoms with Gasteiger partial charge in [-0.2, -0.15) is 4.98 Å². The molecule has 0 spiro atoms. The fraction of sp³-hybridized carbons (Fsp3) is 0.136. The largest absolute Gasteiger partial charge is 0.363 e. The lowest BCUT2D eigenvalue weighted by Gasteiger charge is -2.14. The summed E-state index contributed by atoms with van der Waals surface area (Å²) in [5, 5.41) is 6.03. The summed E-state index contributed by atoms with van der Waals surface area (Å²) >= 11 is 0. The highest BCUT2D eigenvalue weighted by Crippen LogP contribution is 2.19. The number of hydrogen-bond acceptors (Lipinski definition) is 7. The predicted octanol–water partition coefficient (Wildman–Crippen LogP) is 3.79. The predicted molar refractivity (Wildman–Crippen MR) is 118 cm³/mol. The quantitative estimate of drug-likeness (QED) is 0.527. The zero-order valence-corrected chi connectivity index (χ0v) is 16.9. The van der Waals surface area contributed by atoms with Crippen LogP contribution in [0.4, 0.5) is 23.1 Å². The Balaban J connectivity index is 1.46. The third-order valence-electron chi connectivity index (χ3n) is 4.38. The summed E-state index contributed by atoms with van der Waals surface area (Å²) in [7, 11) is 3.87. The Labute approximate surface area is 174 Å². The number of nitrogens with one attached hydrogen (secondary N) is 2. The minimum Gasteiger partial charge on any atom is -0.363 e. The lowest BCUT2D eigenvalue weighted by atomic mass is 10.2. The summed E-state index contributed by atoms with van der Waals surface area (Å²) in [6.45, 7) is 1.92. The molecule has 0 aliphatic carbocycles. The molecule has 150 valence electrons. The van der Waals surface area contributed by atoms with Gasteiger partial charge in [-0.1, -0.05) is 12.1 Å². The van der Waals surface area contributed by atoms with Crippen LogP contribution < -0.4 is 15.5 Å². The Morgan fingerprint density at radius 2 is 1.60 bits per heavy atom. The van der Waals surface area contributed by atoms with Crippen LogP contribution in [0, 0.1) is 6.92 Å². The van der Waals surface area contributed by atoms with Crippen molar-refractivity contribution in [3.63, 3.8) is 0 Å². The van der Waals surface area contributed by atoms with Gasteiger partial charge < -0.3 is 15.5 Å². The molecular formula is C22H21N7O. The first-order valence-electron chi connectivity index (χ1n) is 9.41. The van der Waals surface area contributed by atoms with Crippen molar-refractivity contribution >= 4 is 40.1 Å². The number of fused-ring (bicyclic) bond motifs is 1. The lowest BCUT2D eigenvalue weighted by molar-refractivity contribution is 0.102. The third kappa shape index (κ3) is 4.33. The first kappa shape index (κ1) is 19.3. The van der Waals surface area contributed by atoms with Gasteiger partial charge in [0.1, 0.15) is 11.5 Å². The number of aryl methyl sites for hydroxylation is 1. The summed E-state index contributed by atoms with van der Waals surface area (Å²) in [5.74, 6) is 1.03. The molecule has 8 nitrogen and oxygen atoms in total. The minimum absolute atomic E-state index is 0.264. The number of nitrogens with zero attached hydrogens (tertiary/aromatic N) is 5. The third-order valence-corrected chi connectivity index (χ3v) is 4.38. The molecule has 0 aliphatic rings. The van der Waals surface area contributed by atoms with E-state index in [0.29, 0.717) is 17.2 Å². The first-order chi connectivity index (χ1) is 14.5. The fourth-order valence-electron chi connectivity index (χ4n) is 2.86. The Morgan fingerprint density at radius 3 is 2.33 bits per heavy atom. The van der Waals surface area contributed by atoms with Gasteiger partial charge in [0.15, 0.2) is 0 Å². The summed E-state index contributed by atoms with van der Waals surface area (Å²) < 4.78 is 0. The van der Waals surface area contributed by atoms with E-state index in [-0.39, 0.29) is 11.6 Å². The van der Waals surface area contributed by atoms with E-state index in [0.717, 1.165) is 22.7 Å². The van der Waals surface area contributed by atoms with Crippen LogP contribution in [0.2, 0.25) is 0 Å². The maximum atomic E-state index is 12.5. The smallest absolute Gasteiger partial charge is 0.275 e. The SMILES string of the molecule is Cc1cc(N(C)C)nc(Nc2ccc(NC(=O)c3cnc4ccccc4n3)cc2)n1. The fourth-order valence-corrected chi connectivity index (χ4v) is 2.86. The minimum atomic E-state index is -0.313. The van der Waals surface area contributed by atoms with Gasteiger partial charge in [-0.25, -0.2) is 9.97 Å². The molecule has 4 rings (SSSR count). The van der Waals surface area contributed by atoms with Crippen LogP contribution in [0.1, 0.15) is 16.2 Å². The lowest BCUT2D eigenvalue weighted by Crippen LogP contribution is -2.14. The Hall–Kier alpha value is -4.07. The number of hydrogen-bond donors (Lipinski definition) is 2. The highest BCUT2D eigenvalue weighted by Gasteiger charge is 2.10. The molecule has 0 unspecified atom stereocenters. The molecule has 2 N–H and O–H groups in total. The molecule has 0 saturated heterocycles. The second-order valence-corrected chi connectivity index (χ2v) is 6.99. The number of carbonyl (C=O) groups is 1. The zero-order valence-electron chi connectivity index (χ0n) is 16.9. The number of benzene rings is 2. The van der Waals surface area contributed by atoms with Crippen molar-refractivity contribution in [2.45, 2.75) is 6.92 Å². The maximum Gasteiger partial charge on any atom is 0.275 e. The summed E-state index contributed by atoms with van der Waals surface area (Å²) in [6, 6.07) is 16.7. The Kier molecular flexibility index (Phi) is 5.21. The van der Waals surface area contributed by atoms with Gasteiger partial charge in [-0.05, 0) is 43.3 Å². The van der Waals surface area contributed by atoms with Crippen LogP contribution >= 0.6 is 0 Å². The van der Waals surface area contributed by atoms with E-state index in [1.54, 1.807) is 12.1 Å². The molecule has 0 bridgehead atoms. The van der Waals surface area contributed by atoms with E-state index in [4.69, 9.17) is 0 Å². The summed E-state index contributed by atoms with van der Waals surface area (Å²) in [4.78, 5) is 32.0. The van der Waals surface area contributed by atoms with E-state index in [2.05, 4.69) is 30.6 Å². The average Bonchev–Trinajstić information content (AvgIpc) is 2.74. The van der Waals surface area contributed by atoms with Crippen molar-refractivity contribution in [2.75, 3.05) is 29.6 Å². The number of aromatic nitrogens is 4. The monoisotopic (exact) mass is 399 g/mol. The molecular weight excluding hydrogens is 378 g/mol. The molecule has 8 heteroatoms. The van der Waals surface area contributed by atoms with Crippen LogP contribution in [-0.2, 0) is 0 Å². The van der Waals surface area contributed by atoms with Crippen molar-refractivity contribution in [3.8, 4) is 0 Å². The molecule has 0 saturated carbocycles. The van der Waals surface area contributed by atoms with Crippen LogP contribution in [-0.4, -0.2) is 39.9 Å². The van der Waals surface area contributed by atoms with Gasteiger partial charge >= 0.3 is 0 Å². The van der Waals surface area contributed by atoms with Crippen molar-refractivity contribution in [2.24, 2.45) is 0 Å². The van der Waals surface area contributed by atoms with E-state index in [9.17, 15) is 4.79 Å². The first-order valence-corrected chi connectivity index (χ1v) is 9.41. The van der Waals surface area contributed by atoms with Crippen LogP contribution in [0.5, 0.6) is 0 Å². The molecule has 0 radical (unpaired) electrons. The van der Waals surface area contributed by atoms with E-state index < -0.39 is 0 Å². The Morgan fingerprint density at radius 1 is 0.900 bits per heavy atom. The van der Waals surface area contributed by atoms with E-state index in [1.165, 1.54) is 6.20 Å². The second kappa shape index (κ2) is 8.12. The number of amides is 1. The molecule has 0 atom stereocenters. The van der Waals surface area contributed by atoms with Gasteiger partial charge in [0.2, 0.25) is 5.95 Å². The molecule has 2 aromatic carbocycles. The summed E-state index contributed by atoms with van der Waals surface area (Å²) in [5.41, 5.74) is 4.03. The van der Waals surface area contributed by atoms with E-state index in [1.807, 2.05) is 68.4 Å². The number of anilines is 4. The maximum absolute atomic E-state index is 12.5. The molecule has 2 heterocycles. The van der Waals surface area contributed by atoms with E-state index >= 15 is 0 Å². The van der Waals surface area contributed by atoms with Crippen molar-refractivity contribution in [3.05, 3.63) is 72.2 Å². The molecule has 2 aromatic heterocycles. The molecule has 4 aromatic rings. The highest BCUT2D eigenvalue weighted by molar-refractivity contribution is 6.03.